The maximum atomic E-state index is 12.4. The molecule has 0 aromatic carbocycles. The van der Waals surface area contributed by atoms with Crippen LogP contribution in [-0.4, -0.2) is 65.8 Å². The van der Waals surface area contributed by atoms with Crippen LogP contribution in [0.2, 0.25) is 0 Å². The third kappa shape index (κ3) is 4.83. The fourth-order valence-corrected chi connectivity index (χ4v) is 3.07. The Kier molecular flexibility index (Phi) is 5.23. The van der Waals surface area contributed by atoms with Gasteiger partial charge in [-0.05, 0) is 53.4 Å². The van der Waals surface area contributed by atoms with E-state index in [0.29, 0.717) is 32.2 Å². The average Bonchev–Trinajstić information content (AvgIpc) is 2.43. The summed E-state index contributed by atoms with van der Waals surface area (Å²) in [5.74, 6) is 0.504. The van der Waals surface area contributed by atoms with E-state index in [0.717, 1.165) is 19.4 Å². The molecule has 0 aromatic rings. The van der Waals surface area contributed by atoms with Crippen LogP contribution in [0.15, 0.2) is 0 Å². The summed E-state index contributed by atoms with van der Waals surface area (Å²) in [7, 11) is 0. The Hall–Kier alpha value is -1.30. The van der Waals surface area contributed by atoms with Crippen LogP contribution in [0.25, 0.3) is 0 Å². The number of piperidine rings is 1. The number of carbonyl (C=O) groups is 2. The van der Waals surface area contributed by atoms with Crippen molar-refractivity contribution >= 4 is 12.0 Å². The minimum atomic E-state index is -0.713. The van der Waals surface area contributed by atoms with Gasteiger partial charge in [-0.3, -0.25) is 4.79 Å². The zero-order valence-electron chi connectivity index (χ0n) is 15.1. The van der Waals surface area contributed by atoms with Crippen LogP contribution < -0.4 is 0 Å². The van der Waals surface area contributed by atoms with Gasteiger partial charge < -0.3 is 19.3 Å². The molecule has 2 aliphatic heterocycles. The molecule has 2 saturated heterocycles. The summed E-state index contributed by atoms with van der Waals surface area (Å²) in [4.78, 5) is 28.1. The van der Waals surface area contributed by atoms with Gasteiger partial charge in [-0.1, -0.05) is 0 Å². The average molecular weight is 326 g/mol. The van der Waals surface area contributed by atoms with E-state index >= 15 is 0 Å². The van der Waals surface area contributed by atoms with Crippen molar-refractivity contribution in [3.63, 3.8) is 0 Å². The number of carbonyl (C=O) groups excluding carboxylic acids is 2. The smallest absolute Gasteiger partial charge is 0.410 e. The van der Waals surface area contributed by atoms with Crippen molar-refractivity contribution in [2.75, 3.05) is 32.8 Å². The van der Waals surface area contributed by atoms with Gasteiger partial charge in [-0.2, -0.15) is 0 Å². The van der Waals surface area contributed by atoms with Crippen LogP contribution in [0.3, 0.4) is 0 Å². The predicted molar refractivity (Wildman–Crippen MR) is 87.1 cm³/mol. The molecule has 0 saturated carbocycles. The highest BCUT2D eigenvalue weighted by Gasteiger charge is 2.38. The molecule has 0 spiro atoms. The van der Waals surface area contributed by atoms with Crippen molar-refractivity contribution in [2.45, 2.75) is 58.7 Å². The highest BCUT2D eigenvalue weighted by molar-refractivity contribution is 5.85. The molecule has 2 heterocycles. The van der Waals surface area contributed by atoms with E-state index in [1.807, 2.05) is 39.5 Å². The van der Waals surface area contributed by atoms with Crippen LogP contribution in [0, 0.1) is 5.92 Å². The Bertz CT molecular complexity index is 448. The minimum Gasteiger partial charge on any atom is -0.444 e. The highest BCUT2D eigenvalue weighted by Crippen LogP contribution is 2.24. The summed E-state index contributed by atoms with van der Waals surface area (Å²) in [6.45, 7) is 12.7. The number of hydrogen-bond acceptors (Lipinski definition) is 4. The van der Waals surface area contributed by atoms with Crippen molar-refractivity contribution < 1.29 is 19.1 Å². The Labute approximate surface area is 139 Å². The van der Waals surface area contributed by atoms with Gasteiger partial charge >= 0.3 is 6.09 Å². The quantitative estimate of drug-likeness (QED) is 0.781. The molecule has 0 aliphatic carbocycles. The zero-order chi connectivity index (χ0) is 17.3. The molecule has 0 atom stereocenters. The summed E-state index contributed by atoms with van der Waals surface area (Å²) in [6, 6.07) is 0. The van der Waals surface area contributed by atoms with E-state index in [4.69, 9.17) is 9.47 Å². The van der Waals surface area contributed by atoms with E-state index < -0.39 is 11.2 Å². The molecule has 132 valence electrons. The standard InChI is InChI=1S/C17H30N2O4/c1-16(2,3)23-15(21)18-8-6-13(7-9-18)12-19-10-11-22-17(4,5)14(19)20/h13H,6-12H2,1-5H3. The van der Waals surface area contributed by atoms with E-state index in [1.54, 1.807) is 4.90 Å². The van der Waals surface area contributed by atoms with E-state index in [-0.39, 0.29) is 12.0 Å². The van der Waals surface area contributed by atoms with E-state index in [1.165, 1.54) is 0 Å². The number of ether oxygens (including phenoxy) is 2. The zero-order valence-corrected chi connectivity index (χ0v) is 15.1. The molecule has 2 amide bonds. The molecule has 0 bridgehead atoms. The number of amides is 2. The summed E-state index contributed by atoms with van der Waals surface area (Å²) in [5.41, 5.74) is -1.17. The SMILES string of the molecule is CC(C)(C)OC(=O)N1CCC(CN2CCOC(C)(C)C2=O)CC1. The molecule has 0 unspecified atom stereocenters. The second kappa shape index (κ2) is 6.67. The Morgan fingerprint density at radius 2 is 1.87 bits per heavy atom. The maximum absolute atomic E-state index is 12.4. The lowest BCUT2D eigenvalue weighted by atomic mass is 9.95. The maximum Gasteiger partial charge on any atom is 0.410 e. The molecule has 0 radical (unpaired) electrons. The normalized spacial score (nSPS) is 23.1. The van der Waals surface area contributed by atoms with Crippen LogP contribution >= 0.6 is 0 Å². The van der Waals surface area contributed by atoms with Crippen molar-refractivity contribution in [3.8, 4) is 0 Å². The van der Waals surface area contributed by atoms with Gasteiger partial charge in [0.1, 0.15) is 11.2 Å². The van der Waals surface area contributed by atoms with Gasteiger partial charge in [0.2, 0.25) is 0 Å². The van der Waals surface area contributed by atoms with E-state index in [2.05, 4.69) is 0 Å². The molecular weight excluding hydrogens is 296 g/mol. The molecular formula is C17H30N2O4. The van der Waals surface area contributed by atoms with Crippen molar-refractivity contribution in [3.05, 3.63) is 0 Å². The highest BCUT2D eigenvalue weighted by atomic mass is 16.6. The summed E-state index contributed by atoms with van der Waals surface area (Å²) in [5, 5.41) is 0. The molecule has 6 heteroatoms. The first-order valence-corrected chi connectivity index (χ1v) is 8.50. The molecule has 0 aromatic heterocycles. The lowest BCUT2D eigenvalue weighted by Gasteiger charge is -2.40. The van der Waals surface area contributed by atoms with Gasteiger partial charge in [-0.25, -0.2) is 4.79 Å². The molecule has 2 rings (SSSR count). The summed E-state index contributed by atoms with van der Waals surface area (Å²) >= 11 is 0. The lowest BCUT2D eigenvalue weighted by molar-refractivity contribution is -0.167. The topological polar surface area (TPSA) is 59.1 Å². The fourth-order valence-electron chi connectivity index (χ4n) is 3.07. The minimum absolute atomic E-state index is 0.0679. The monoisotopic (exact) mass is 326 g/mol. The van der Waals surface area contributed by atoms with Crippen molar-refractivity contribution in [1.29, 1.82) is 0 Å². The number of likely N-dealkylation sites (tertiary alicyclic amines) is 1. The van der Waals surface area contributed by atoms with Gasteiger partial charge in [0.25, 0.3) is 5.91 Å². The summed E-state index contributed by atoms with van der Waals surface area (Å²) in [6.07, 6.45) is 1.58. The van der Waals surface area contributed by atoms with Gasteiger partial charge in [-0.15, -0.1) is 0 Å². The van der Waals surface area contributed by atoms with Crippen LogP contribution in [-0.2, 0) is 14.3 Å². The third-order valence-electron chi connectivity index (χ3n) is 4.37. The number of nitrogens with zero attached hydrogens (tertiary/aromatic N) is 2. The van der Waals surface area contributed by atoms with Crippen LogP contribution in [0.4, 0.5) is 4.79 Å². The number of hydrogen-bond donors (Lipinski definition) is 0. The Morgan fingerprint density at radius 1 is 1.26 bits per heavy atom. The first kappa shape index (κ1) is 18.0. The van der Waals surface area contributed by atoms with E-state index in [9.17, 15) is 9.59 Å². The largest absolute Gasteiger partial charge is 0.444 e. The molecule has 2 fully saturated rings. The summed E-state index contributed by atoms with van der Waals surface area (Å²) < 4.78 is 10.9. The third-order valence-corrected chi connectivity index (χ3v) is 4.37. The number of morpholine rings is 1. The van der Waals surface area contributed by atoms with Crippen molar-refractivity contribution in [2.24, 2.45) is 5.92 Å². The molecule has 2 aliphatic rings. The second-order valence-corrected chi connectivity index (χ2v) is 8.02. The molecule has 23 heavy (non-hydrogen) atoms. The Balaban J connectivity index is 1.81. The Morgan fingerprint density at radius 3 is 2.43 bits per heavy atom. The van der Waals surface area contributed by atoms with Crippen LogP contribution in [0.5, 0.6) is 0 Å². The molecule has 6 nitrogen and oxygen atoms in total. The fraction of sp³-hybridized carbons (Fsp3) is 0.882. The predicted octanol–water partition coefficient (Wildman–Crippen LogP) is 2.27. The van der Waals surface area contributed by atoms with Gasteiger partial charge in [0.15, 0.2) is 0 Å². The van der Waals surface area contributed by atoms with Gasteiger partial charge in [0.05, 0.1) is 6.61 Å². The van der Waals surface area contributed by atoms with Crippen molar-refractivity contribution in [1.82, 2.24) is 9.80 Å². The first-order chi connectivity index (χ1) is 10.6. The number of rotatable bonds is 2. The molecule has 0 N–H and O–H groups in total. The second-order valence-electron chi connectivity index (χ2n) is 8.02. The van der Waals surface area contributed by atoms with Crippen LogP contribution in [0.1, 0.15) is 47.5 Å². The first-order valence-electron chi connectivity index (χ1n) is 8.50. The lowest BCUT2D eigenvalue weighted by Crippen LogP contribution is -2.55. The van der Waals surface area contributed by atoms with Gasteiger partial charge in [0, 0.05) is 26.2 Å².